The Kier molecular flexibility index (Phi) is 5.89. The second kappa shape index (κ2) is 7.43. The predicted molar refractivity (Wildman–Crippen MR) is 72.9 cm³/mol. The smallest absolute Gasteiger partial charge is 0.0858 e. The van der Waals surface area contributed by atoms with E-state index in [1.165, 1.54) is 12.8 Å². The summed E-state index contributed by atoms with van der Waals surface area (Å²) in [4.78, 5) is 2.49. The number of rotatable bonds is 5. The highest BCUT2D eigenvalue weighted by atomic mass is 16.5. The summed E-state index contributed by atoms with van der Waals surface area (Å²) in [7, 11) is 0. The van der Waals surface area contributed by atoms with Gasteiger partial charge in [-0.05, 0) is 25.9 Å². The first kappa shape index (κ1) is 14.3. The zero-order valence-corrected chi connectivity index (χ0v) is 11.9. The molecular formula is C14H28N2O2. The van der Waals surface area contributed by atoms with Crippen molar-refractivity contribution in [3.8, 4) is 0 Å². The summed E-state index contributed by atoms with van der Waals surface area (Å²) >= 11 is 0. The van der Waals surface area contributed by atoms with E-state index in [1.807, 2.05) is 0 Å². The molecule has 0 aromatic rings. The lowest BCUT2D eigenvalue weighted by molar-refractivity contribution is -0.0706. The normalized spacial score (nSPS) is 32.3. The Morgan fingerprint density at radius 3 is 2.89 bits per heavy atom. The van der Waals surface area contributed by atoms with Crippen molar-refractivity contribution >= 4 is 0 Å². The van der Waals surface area contributed by atoms with Gasteiger partial charge in [-0.3, -0.25) is 4.90 Å². The third-order valence-electron chi connectivity index (χ3n) is 4.17. The summed E-state index contributed by atoms with van der Waals surface area (Å²) < 4.78 is 11.7. The second-order valence-corrected chi connectivity index (χ2v) is 5.36. The molecule has 4 nitrogen and oxygen atoms in total. The maximum Gasteiger partial charge on any atom is 0.0858 e. The Hall–Kier alpha value is -0.160. The summed E-state index contributed by atoms with van der Waals surface area (Å²) in [6.07, 6.45) is 2.78. The average Bonchev–Trinajstić information content (AvgIpc) is 2.46. The molecule has 1 N–H and O–H groups in total. The third-order valence-corrected chi connectivity index (χ3v) is 4.17. The number of hydrogen-bond donors (Lipinski definition) is 1. The number of ether oxygens (including phenoxy) is 2. The van der Waals surface area contributed by atoms with E-state index in [0.717, 1.165) is 46.0 Å². The maximum absolute atomic E-state index is 6.02. The van der Waals surface area contributed by atoms with Crippen molar-refractivity contribution in [1.29, 1.82) is 0 Å². The first-order valence-corrected chi connectivity index (χ1v) is 7.50. The molecule has 2 saturated heterocycles. The van der Waals surface area contributed by atoms with E-state index in [2.05, 4.69) is 24.1 Å². The molecule has 2 rings (SSSR count). The average molecular weight is 256 g/mol. The molecule has 2 aliphatic heterocycles. The molecule has 4 heteroatoms. The minimum Gasteiger partial charge on any atom is -0.381 e. The van der Waals surface area contributed by atoms with Crippen molar-refractivity contribution < 1.29 is 9.47 Å². The predicted octanol–water partition coefficient (Wildman–Crippen LogP) is 1.11. The molecule has 0 spiro atoms. The van der Waals surface area contributed by atoms with Gasteiger partial charge in [0.1, 0.15) is 0 Å². The lowest BCUT2D eigenvalue weighted by Crippen LogP contribution is -2.56. The highest BCUT2D eigenvalue weighted by molar-refractivity contribution is 4.88. The number of nitrogens with zero attached hydrogens (tertiary/aromatic N) is 1. The molecule has 0 bridgehead atoms. The largest absolute Gasteiger partial charge is 0.381 e. The van der Waals surface area contributed by atoms with Crippen LogP contribution >= 0.6 is 0 Å². The number of hydrogen-bond acceptors (Lipinski definition) is 4. The molecule has 0 aromatic heterocycles. The van der Waals surface area contributed by atoms with Gasteiger partial charge in [0.05, 0.1) is 19.3 Å². The Morgan fingerprint density at radius 2 is 2.22 bits per heavy atom. The Balaban J connectivity index is 1.94. The van der Waals surface area contributed by atoms with Crippen LogP contribution < -0.4 is 5.32 Å². The molecule has 2 aliphatic rings. The maximum atomic E-state index is 6.02. The third kappa shape index (κ3) is 3.67. The molecular weight excluding hydrogens is 228 g/mol. The molecule has 0 aliphatic carbocycles. The van der Waals surface area contributed by atoms with Gasteiger partial charge in [0.15, 0.2) is 0 Å². The van der Waals surface area contributed by atoms with E-state index in [-0.39, 0.29) is 0 Å². The zero-order valence-electron chi connectivity index (χ0n) is 11.9. The molecule has 2 fully saturated rings. The van der Waals surface area contributed by atoms with Crippen LogP contribution in [0.2, 0.25) is 0 Å². The van der Waals surface area contributed by atoms with Crippen molar-refractivity contribution in [2.45, 2.75) is 38.8 Å². The first-order chi connectivity index (χ1) is 8.85. The molecule has 3 atom stereocenters. The van der Waals surface area contributed by atoms with E-state index in [9.17, 15) is 0 Å². The van der Waals surface area contributed by atoms with Crippen LogP contribution in [0, 0.1) is 5.92 Å². The molecule has 3 unspecified atom stereocenters. The minimum absolute atomic E-state index is 0.324. The van der Waals surface area contributed by atoms with Gasteiger partial charge in [-0.15, -0.1) is 0 Å². The van der Waals surface area contributed by atoms with Gasteiger partial charge in [0.25, 0.3) is 0 Å². The van der Waals surface area contributed by atoms with E-state index in [1.54, 1.807) is 0 Å². The van der Waals surface area contributed by atoms with Crippen LogP contribution in [0.5, 0.6) is 0 Å². The van der Waals surface area contributed by atoms with Gasteiger partial charge in [0.2, 0.25) is 0 Å². The van der Waals surface area contributed by atoms with Crippen LogP contribution in [-0.4, -0.2) is 63.0 Å². The van der Waals surface area contributed by atoms with E-state index < -0.39 is 0 Å². The summed E-state index contributed by atoms with van der Waals surface area (Å²) in [5, 5.41) is 3.64. The van der Waals surface area contributed by atoms with Gasteiger partial charge in [-0.2, -0.15) is 0 Å². The number of likely N-dealkylation sites (N-methyl/N-ethyl adjacent to an activating group) is 2. The Morgan fingerprint density at radius 1 is 1.33 bits per heavy atom. The van der Waals surface area contributed by atoms with Crippen LogP contribution in [0.15, 0.2) is 0 Å². The van der Waals surface area contributed by atoms with Crippen molar-refractivity contribution in [2.75, 3.05) is 46.0 Å². The van der Waals surface area contributed by atoms with E-state index in [0.29, 0.717) is 18.1 Å². The fraction of sp³-hybridized carbons (Fsp3) is 1.00. The van der Waals surface area contributed by atoms with Crippen molar-refractivity contribution in [3.05, 3.63) is 0 Å². The second-order valence-electron chi connectivity index (χ2n) is 5.36. The first-order valence-electron chi connectivity index (χ1n) is 7.50. The van der Waals surface area contributed by atoms with Crippen molar-refractivity contribution in [2.24, 2.45) is 5.92 Å². The fourth-order valence-electron chi connectivity index (χ4n) is 3.12. The fourth-order valence-corrected chi connectivity index (χ4v) is 3.12. The quantitative estimate of drug-likeness (QED) is 0.799. The van der Waals surface area contributed by atoms with Gasteiger partial charge >= 0.3 is 0 Å². The van der Waals surface area contributed by atoms with Crippen LogP contribution in [0.25, 0.3) is 0 Å². The molecule has 0 amide bonds. The van der Waals surface area contributed by atoms with Gasteiger partial charge in [-0.1, -0.05) is 13.8 Å². The van der Waals surface area contributed by atoms with Crippen LogP contribution in [0.1, 0.15) is 26.7 Å². The molecule has 0 radical (unpaired) electrons. The molecule has 0 saturated carbocycles. The van der Waals surface area contributed by atoms with E-state index >= 15 is 0 Å². The zero-order chi connectivity index (χ0) is 12.8. The van der Waals surface area contributed by atoms with Crippen molar-refractivity contribution in [3.63, 3.8) is 0 Å². The summed E-state index contributed by atoms with van der Waals surface area (Å²) in [5.41, 5.74) is 0. The highest BCUT2D eigenvalue weighted by Gasteiger charge is 2.33. The summed E-state index contributed by atoms with van der Waals surface area (Å²) in [5.74, 6) is 0.612. The lowest BCUT2D eigenvalue weighted by Gasteiger charge is -2.41. The van der Waals surface area contributed by atoms with Crippen LogP contribution in [-0.2, 0) is 9.47 Å². The lowest BCUT2D eigenvalue weighted by atomic mass is 9.89. The standard InChI is InChI=1S/C14H28N2O2/c1-3-15-14(12-6-5-8-17-11-12)13-10-16(4-2)7-9-18-13/h12-15H,3-11H2,1-2H3. The monoisotopic (exact) mass is 256 g/mol. The Labute approximate surface area is 111 Å². The SMILES string of the molecule is CCNC(C1CCCOC1)C1CN(CC)CCO1. The molecule has 106 valence electrons. The van der Waals surface area contributed by atoms with Gasteiger partial charge in [0, 0.05) is 31.7 Å². The number of nitrogens with one attached hydrogen (secondary N) is 1. The van der Waals surface area contributed by atoms with Crippen LogP contribution in [0.3, 0.4) is 0 Å². The van der Waals surface area contributed by atoms with Gasteiger partial charge in [-0.25, -0.2) is 0 Å². The van der Waals surface area contributed by atoms with E-state index in [4.69, 9.17) is 9.47 Å². The number of morpholine rings is 1. The summed E-state index contributed by atoms with van der Waals surface area (Å²) in [6, 6.07) is 0.449. The Bertz CT molecular complexity index is 232. The molecule has 18 heavy (non-hydrogen) atoms. The topological polar surface area (TPSA) is 33.7 Å². The summed E-state index contributed by atoms with van der Waals surface area (Å²) in [6.45, 7) is 11.4. The van der Waals surface area contributed by atoms with Gasteiger partial charge < -0.3 is 14.8 Å². The minimum atomic E-state index is 0.324. The van der Waals surface area contributed by atoms with Crippen LogP contribution in [0.4, 0.5) is 0 Å². The highest BCUT2D eigenvalue weighted by Crippen LogP contribution is 2.23. The van der Waals surface area contributed by atoms with Crippen molar-refractivity contribution in [1.82, 2.24) is 10.2 Å². The molecule has 2 heterocycles. The molecule has 0 aromatic carbocycles.